The van der Waals surface area contributed by atoms with Crippen molar-refractivity contribution in [3.8, 4) is 11.5 Å². The zero-order chi connectivity index (χ0) is 12.7. The monoisotopic (exact) mass is 250 g/mol. The number of benzene rings is 2. The van der Waals surface area contributed by atoms with Crippen molar-refractivity contribution in [1.82, 2.24) is 0 Å². The summed E-state index contributed by atoms with van der Waals surface area (Å²) >= 11 is 0. The Bertz CT molecular complexity index is 570. The van der Waals surface area contributed by atoms with Crippen LogP contribution in [0.1, 0.15) is 0 Å². The number of halogens is 3. The van der Waals surface area contributed by atoms with E-state index in [0.29, 0.717) is 11.5 Å². The average molecular weight is 250 g/mol. The lowest BCUT2D eigenvalue weighted by molar-refractivity contribution is 0.446. The van der Waals surface area contributed by atoms with Gasteiger partial charge < -0.3 is 9.31 Å². The van der Waals surface area contributed by atoms with Crippen molar-refractivity contribution >= 4 is 12.6 Å². The molecule has 0 aromatic heterocycles. The molecule has 0 radical (unpaired) electrons. The Morgan fingerprint density at radius 1 is 0.833 bits per heavy atom. The van der Waals surface area contributed by atoms with Crippen LogP contribution < -0.4 is 14.8 Å². The molecule has 0 bridgehead atoms. The van der Waals surface area contributed by atoms with Crippen LogP contribution in [0, 0.1) is 17.5 Å². The minimum absolute atomic E-state index is 0.0857. The fraction of sp³-hybridized carbons (Fsp3) is 0. The quantitative estimate of drug-likeness (QED) is 0.571. The van der Waals surface area contributed by atoms with Crippen molar-refractivity contribution in [2.75, 3.05) is 0 Å². The standard InChI is InChI=1S/C12H6BF3O2/c14-8-5-7(6-9(15)12(8)16)13-17-10-3-1-2-4-11(10)18-13/h1-6H. The molecule has 0 amide bonds. The van der Waals surface area contributed by atoms with Crippen LogP contribution in [0.5, 0.6) is 11.5 Å². The van der Waals surface area contributed by atoms with Gasteiger partial charge in [0.25, 0.3) is 0 Å². The molecule has 1 aliphatic heterocycles. The predicted octanol–water partition coefficient (Wildman–Crippen LogP) is 2.27. The summed E-state index contributed by atoms with van der Waals surface area (Å²) in [5.41, 5.74) is 0.0857. The maximum Gasteiger partial charge on any atom is 0.633 e. The lowest BCUT2D eigenvalue weighted by Crippen LogP contribution is -2.39. The van der Waals surface area contributed by atoms with E-state index in [0.717, 1.165) is 12.1 Å². The summed E-state index contributed by atoms with van der Waals surface area (Å²) in [6, 6.07) is 8.55. The molecule has 3 rings (SSSR count). The third-order valence-electron chi connectivity index (χ3n) is 2.60. The lowest BCUT2D eigenvalue weighted by Gasteiger charge is -2.05. The molecule has 0 aliphatic carbocycles. The zero-order valence-electron chi connectivity index (χ0n) is 8.99. The van der Waals surface area contributed by atoms with Gasteiger partial charge >= 0.3 is 7.12 Å². The van der Waals surface area contributed by atoms with Crippen LogP contribution in [0.25, 0.3) is 0 Å². The van der Waals surface area contributed by atoms with Gasteiger partial charge in [-0.1, -0.05) is 12.1 Å². The molecule has 1 heterocycles. The summed E-state index contributed by atoms with van der Waals surface area (Å²) in [6.07, 6.45) is 0. The molecule has 0 N–H and O–H groups in total. The molecule has 2 aromatic carbocycles. The topological polar surface area (TPSA) is 18.5 Å². The lowest BCUT2D eigenvalue weighted by atomic mass is 9.79. The van der Waals surface area contributed by atoms with Crippen molar-refractivity contribution in [2.24, 2.45) is 0 Å². The molecule has 6 heteroatoms. The van der Waals surface area contributed by atoms with Gasteiger partial charge in [0.2, 0.25) is 0 Å². The van der Waals surface area contributed by atoms with Gasteiger partial charge in [-0.05, 0) is 24.3 Å². The highest BCUT2D eigenvalue weighted by Gasteiger charge is 2.35. The number of para-hydroxylation sites is 2. The van der Waals surface area contributed by atoms with E-state index in [1.807, 2.05) is 0 Å². The van der Waals surface area contributed by atoms with Crippen molar-refractivity contribution in [3.05, 3.63) is 53.8 Å². The summed E-state index contributed by atoms with van der Waals surface area (Å²) in [6.45, 7) is 0. The smallest absolute Gasteiger partial charge is 0.519 e. The van der Waals surface area contributed by atoms with Crippen LogP contribution in [0.2, 0.25) is 0 Å². The molecule has 0 spiro atoms. The van der Waals surface area contributed by atoms with Crippen LogP contribution in [0.3, 0.4) is 0 Å². The van der Waals surface area contributed by atoms with Gasteiger partial charge in [-0.15, -0.1) is 0 Å². The Morgan fingerprint density at radius 3 is 1.83 bits per heavy atom. The van der Waals surface area contributed by atoms with E-state index in [2.05, 4.69) is 0 Å². The second-order valence-electron chi connectivity index (χ2n) is 3.81. The van der Waals surface area contributed by atoms with E-state index in [-0.39, 0.29) is 5.46 Å². The Morgan fingerprint density at radius 2 is 1.33 bits per heavy atom. The van der Waals surface area contributed by atoms with Crippen LogP contribution in [0.15, 0.2) is 36.4 Å². The average Bonchev–Trinajstić information content (AvgIpc) is 2.79. The van der Waals surface area contributed by atoms with Crippen LogP contribution in [-0.2, 0) is 0 Å². The van der Waals surface area contributed by atoms with Gasteiger partial charge in [-0.3, -0.25) is 0 Å². The predicted molar refractivity (Wildman–Crippen MR) is 59.4 cm³/mol. The van der Waals surface area contributed by atoms with Gasteiger partial charge in [0.1, 0.15) is 11.5 Å². The van der Waals surface area contributed by atoms with Crippen molar-refractivity contribution in [1.29, 1.82) is 0 Å². The summed E-state index contributed by atoms with van der Waals surface area (Å²) in [7, 11) is -0.966. The van der Waals surface area contributed by atoms with Crippen molar-refractivity contribution in [2.45, 2.75) is 0 Å². The van der Waals surface area contributed by atoms with Crippen molar-refractivity contribution in [3.63, 3.8) is 0 Å². The molecule has 90 valence electrons. The van der Waals surface area contributed by atoms with E-state index in [9.17, 15) is 13.2 Å². The first-order valence-electron chi connectivity index (χ1n) is 5.22. The highest BCUT2D eigenvalue weighted by atomic mass is 19.2. The number of hydrogen-bond acceptors (Lipinski definition) is 2. The molecular weight excluding hydrogens is 244 g/mol. The van der Waals surface area contributed by atoms with Gasteiger partial charge in [0.15, 0.2) is 17.5 Å². The molecule has 18 heavy (non-hydrogen) atoms. The molecule has 0 saturated carbocycles. The third-order valence-corrected chi connectivity index (χ3v) is 2.60. The van der Waals surface area contributed by atoms with Crippen molar-refractivity contribution < 1.29 is 22.5 Å². The molecule has 0 saturated heterocycles. The zero-order valence-corrected chi connectivity index (χ0v) is 8.99. The first-order chi connectivity index (χ1) is 8.65. The Labute approximate surface area is 101 Å². The molecule has 0 fully saturated rings. The Kier molecular flexibility index (Phi) is 2.43. The normalized spacial score (nSPS) is 12.9. The van der Waals surface area contributed by atoms with Gasteiger partial charge in [-0.2, -0.15) is 0 Å². The van der Waals surface area contributed by atoms with Gasteiger partial charge in [0, 0.05) is 5.46 Å². The Balaban J connectivity index is 1.95. The highest BCUT2D eigenvalue weighted by molar-refractivity contribution is 6.63. The molecular formula is C12H6BF3O2. The second kappa shape index (κ2) is 3.98. The SMILES string of the molecule is Fc1cc(B2Oc3ccccc3O2)cc(F)c1F. The first-order valence-corrected chi connectivity index (χ1v) is 5.22. The van der Waals surface area contributed by atoms with E-state index < -0.39 is 24.6 Å². The minimum atomic E-state index is -1.51. The maximum atomic E-state index is 13.1. The molecule has 2 aromatic rings. The van der Waals surface area contributed by atoms with Gasteiger partial charge in [-0.25, -0.2) is 13.2 Å². The fourth-order valence-corrected chi connectivity index (χ4v) is 1.75. The van der Waals surface area contributed by atoms with E-state index in [1.54, 1.807) is 24.3 Å². The Hall–Kier alpha value is -2.11. The van der Waals surface area contributed by atoms with E-state index in [4.69, 9.17) is 9.31 Å². The fourth-order valence-electron chi connectivity index (χ4n) is 1.75. The molecule has 2 nitrogen and oxygen atoms in total. The summed E-state index contributed by atoms with van der Waals surface area (Å²) in [4.78, 5) is 0. The number of fused-ring (bicyclic) bond motifs is 1. The first kappa shape index (κ1) is 11.0. The van der Waals surface area contributed by atoms with Gasteiger partial charge in [0.05, 0.1) is 0 Å². The molecule has 0 atom stereocenters. The third kappa shape index (κ3) is 1.70. The van der Waals surface area contributed by atoms with E-state index in [1.165, 1.54) is 0 Å². The second-order valence-corrected chi connectivity index (χ2v) is 3.81. The number of hydrogen-bond donors (Lipinski definition) is 0. The number of rotatable bonds is 1. The summed E-state index contributed by atoms with van der Waals surface area (Å²) < 4.78 is 49.8. The molecule has 1 aliphatic rings. The van der Waals surface area contributed by atoms with Crippen LogP contribution in [-0.4, -0.2) is 7.12 Å². The van der Waals surface area contributed by atoms with E-state index >= 15 is 0 Å². The molecule has 0 unspecified atom stereocenters. The highest BCUT2D eigenvalue weighted by Crippen LogP contribution is 2.32. The minimum Gasteiger partial charge on any atom is -0.519 e. The largest absolute Gasteiger partial charge is 0.633 e. The van der Waals surface area contributed by atoms with Crippen LogP contribution in [0.4, 0.5) is 13.2 Å². The summed E-state index contributed by atoms with van der Waals surface area (Å²) in [5, 5.41) is 0. The van der Waals surface area contributed by atoms with Crippen LogP contribution >= 0.6 is 0 Å². The summed E-state index contributed by atoms with van der Waals surface area (Å²) in [5.74, 6) is -3.09. The maximum absolute atomic E-state index is 13.1.